The fourth-order valence-electron chi connectivity index (χ4n) is 2.60. The van der Waals surface area contributed by atoms with Gasteiger partial charge in [0.2, 0.25) is 5.91 Å². The van der Waals surface area contributed by atoms with E-state index in [0.29, 0.717) is 5.56 Å². The van der Waals surface area contributed by atoms with Crippen LogP contribution in [-0.2, 0) is 23.9 Å². The van der Waals surface area contributed by atoms with Gasteiger partial charge in [-0.15, -0.1) is 0 Å². The molecule has 0 aromatic heterocycles. The topological polar surface area (TPSA) is 119 Å². The SMILES string of the molecule is CC1(C)OC(=O)C(C(c2ccccc2)C(C#N)C(N)=O)C(=O)O1. The summed E-state index contributed by atoms with van der Waals surface area (Å²) in [6.07, 6.45) is 0. The molecule has 23 heavy (non-hydrogen) atoms. The second-order valence-electron chi connectivity index (χ2n) is 5.67. The second-order valence-corrected chi connectivity index (χ2v) is 5.67. The number of amides is 1. The Labute approximate surface area is 133 Å². The highest BCUT2D eigenvalue weighted by molar-refractivity contribution is 5.99. The van der Waals surface area contributed by atoms with Crippen molar-refractivity contribution in [1.29, 1.82) is 5.26 Å². The van der Waals surface area contributed by atoms with Crippen LogP contribution in [0.1, 0.15) is 25.3 Å². The van der Waals surface area contributed by atoms with Gasteiger partial charge in [0.05, 0.1) is 6.07 Å². The average Bonchev–Trinajstić information content (AvgIpc) is 2.45. The number of hydrogen-bond donors (Lipinski definition) is 1. The lowest BCUT2D eigenvalue weighted by Gasteiger charge is -2.36. The van der Waals surface area contributed by atoms with Gasteiger partial charge in [0.15, 0.2) is 5.92 Å². The van der Waals surface area contributed by atoms with Crippen molar-refractivity contribution in [3.05, 3.63) is 35.9 Å². The molecule has 7 heteroatoms. The average molecular weight is 316 g/mol. The van der Waals surface area contributed by atoms with Gasteiger partial charge in [0.25, 0.3) is 5.79 Å². The Bertz CT molecular complexity index is 657. The summed E-state index contributed by atoms with van der Waals surface area (Å²) in [5, 5.41) is 9.28. The molecule has 1 aliphatic rings. The van der Waals surface area contributed by atoms with Crippen molar-refractivity contribution < 1.29 is 23.9 Å². The van der Waals surface area contributed by atoms with Crippen LogP contribution >= 0.6 is 0 Å². The van der Waals surface area contributed by atoms with Gasteiger partial charge in [0.1, 0.15) is 5.92 Å². The van der Waals surface area contributed by atoms with Gasteiger partial charge in [-0.1, -0.05) is 30.3 Å². The van der Waals surface area contributed by atoms with Crippen LogP contribution in [0.2, 0.25) is 0 Å². The van der Waals surface area contributed by atoms with Crippen molar-refractivity contribution in [1.82, 2.24) is 0 Å². The van der Waals surface area contributed by atoms with E-state index >= 15 is 0 Å². The maximum atomic E-state index is 12.3. The number of carbonyl (C=O) groups excluding carboxylic acids is 3. The molecule has 0 spiro atoms. The molecule has 2 atom stereocenters. The zero-order valence-electron chi connectivity index (χ0n) is 12.7. The molecule has 1 aromatic carbocycles. The number of nitrogens with zero attached hydrogens (tertiary/aromatic N) is 1. The molecule has 1 aliphatic heterocycles. The molecule has 1 aromatic rings. The molecule has 0 radical (unpaired) electrons. The minimum atomic E-state index is -1.43. The highest BCUT2D eigenvalue weighted by Gasteiger charge is 2.51. The number of esters is 2. The van der Waals surface area contributed by atoms with E-state index in [1.165, 1.54) is 13.8 Å². The van der Waals surface area contributed by atoms with E-state index in [9.17, 15) is 19.6 Å². The number of benzene rings is 1. The molecule has 0 bridgehead atoms. The third kappa shape index (κ3) is 3.31. The van der Waals surface area contributed by atoms with E-state index < -0.39 is 41.4 Å². The van der Waals surface area contributed by atoms with Crippen molar-refractivity contribution in [2.75, 3.05) is 0 Å². The highest BCUT2D eigenvalue weighted by atomic mass is 16.7. The van der Waals surface area contributed by atoms with E-state index in [0.717, 1.165) is 0 Å². The summed E-state index contributed by atoms with van der Waals surface area (Å²) >= 11 is 0. The van der Waals surface area contributed by atoms with Crippen LogP contribution in [-0.4, -0.2) is 23.6 Å². The predicted molar refractivity (Wildman–Crippen MR) is 77.2 cm³/mol. The number of carbonyl (C=O) groups is 3. The molecule has 120 valence electrons. The first kappa shape index (κ1) is 16.5. The lowest BCUT2D eigenvalue weighted by molar-refractivity contribution is -0.241. The molecule has 2 unspecified atom stereocenters. The number of rotatable bonds is 4. The highest BCUT2D eigenvalue weighted by Crippen LogP contribution is 2.38. The molecule has 2 rings (SSSR count). The number of ether oxygens (including phenoxy) is 2. The van der Waals surface area contributed by atoms with E-state index in [1.807, 2.05) is 0 Å². The molecule has 1 heterocycles. The largest absolute Gasteiger partial charge is 0.422 e. The first-order valence-electron chi connectivity index (χ1n) is 6.96. The van der Waals surface area contributed by atoms with E-state index in [1.54, 1.807) is 36.4 Å². The van der Waals surface area contributed by atoms with Gasteiger partial charge >= 0.3 is 11.9 Å². The summed E-state index contributed by atoms with van der Waals surface area (Å²) in [6.45, 7) is 2.85. The third-order valence-corrected chi connectivity index (χ3v) is 3.55. The van der Waals surface area contributed by atoms with Crippen molar-refractivity contribution in [3.8, 4) is 6.07 Å². The van der Waals surface area contributed by atoms with Gasteiger partial charge in [-0.25, -0.2) is 0 Å². The quantitative estimate of drug-likeness (QED) is 0.649. The van der Waals surface area contributed by atoms with Crippen molar-refractivity contribution in [2.24, 2.45) is 17.6 Å². The Hall–Kier alpha value is -2.88. The normalized spacial score (nSPS) is 19.9. The zero-order valence-corrected chi connectivity index (χ0v) is 12.7. The third-order valence-electron chi connectivity index (χ3n) is 3.55. The maximum absolute atomic E-state index is 12.3. The first-order valence-corrected chi connectivity index (χ1v) is 6.96. The molecule has 1 amide bonds. The minimum Gasteiger partial charge on any atom is -0.422 e. The van der Waals surface area contributed by atoms with Gasteiger partial charge in [-0.3, -0.25) is 14.4 Å². The summed E-state index contributed by atoms with van der Waals surface area (Å²) < 4.78 is 10.2. The second kappa shape index (κ2) is 6.08. The fraction of sp³-hybridized carbons (Fsp3) is 0.375. The predicted octanol–water partition coefficient (Wildman–Crippen LogP) is 0.848. The number of cyclic esters (lactones) is 2. The lowest BCUT2D eigenvalue weighted by atomic mass is 9.76. The standard InChI is InChI=1S/C16H16N2O5/c1-16(2)22-14(20)12(15(21)23-16)11(10(8-17)13(18)19)9-6-4-3-5-7-9/h3-7,10-12H,1-2H3,(H2,18,19). The Morgan fingerprint density at radius 1 is 1.22 bits per heavy atom. The molecule has 1 saturated heterocycles. The first-order chi connectivity index (χ1) is 10.8. The summed E-state index contributed by atoms with van der Waals surface area (Å²) in [6, 6.07) is 10.1. The van der Waals surface area contributed by atoms with E-state index in [4.69, 9.17) is 15.2 Å². The summed E-state index contributed by atoms with van der Waals surface area (Å²) in [7, 11) is 0. The number of nitrogens with two attached hydrogens (primary N) is 1. The van der Waals surface area contributed by atoms with Crippen molar-refractivity contribution in [2.45, 2.75) is 25.6 Å². The lowest BCUT2D eigenvalue weighted by Crippen LogP contribution is -2.50. The molecular weight excluding hydrogens is 300 g/mol. The van der Waals surface area contributed by atoms with Crippen LogP contribution in [0.5, 0.6) is 0 Å². The van der Waals surface area contributed by atoms with Crippen LogP contribution in [0.4, 0.5) is 0 Å². The molecule has 2 N–H and O–H groups in total. The summed E-state index contributed by atoms with van der Waals surface area (Å²) in [4.78, 5) is 36.2. The van der Waals surface area contributed by atoms with Crippen molar-refractivity contribution >= 4 is 17.8 Å². The van der Waals surface area contributed by atoms with Gasteiger partial charge in [-0.2, -0.15) is 5.26 Å². The Morgan fingerprint density at radius 3 is 2.17 bits per heavy atom. The Morgan fingerprint density at radius 2 is 1.74 bits per heavy atom. The molecule has 0 aliphatic carbocycles. The van der Waals surface area contributed by atoms with Crippen LogP contribution in [0.3, 0.4) is 0 Å². The smallest absolute Gasteiger partial charge is 0.324 e. The van der Waals surface area contributed by atoms with Crippen LogP contribution < -0.4 is 5.73 Å². The van der Waals surface area contributed by atoms with Crippen LogP contribution in [0.15, 0.2) is 30.3 Å². The van der Waals surface area contributed by atoms with Gasteiger partial charge in [0, 0.05) is 19.8 Å². The Balaban J connectivity index is 2.50. The van der Waals surface area contributed by atoms with Crippen molar-refractivity contribution in [3.63, 3.8) is 0 Å². The minimum absolute atomic E-state index is 0.455. The number of nitriles is 1. The zero-order chi connectivity index (χ0) is 17.2. The van der Waals surface area contributed by atoms with Gasteiger partial charge in [-0.05, 0) is 5.56 Å². The number of hydrogen-bond acceptors (Lipinski definition) is 6. The maximum Gasteiger partial charge on any atom is 0.324 e. The summed E-state index contributed by atoms with van der Waals surface area (Å²) in [5.41, 5.74) is 5.73. The van der Waals surface area contributed by atoms with E-state index in [-0.39, 0.29) is 0 Å². The number of primary amides is 1. The molecule has 7 nitrogen and oxygen atoms in total. The van der Waals surface area contributed by atoms with Crippen LogP contribution in [0.25, 0.3) is 0 Å². The Kier molecular flexibility index (Phi) is 4.36. The molecule has 1 fully saturated rings. The van der Waals surface area contributed by atoms with Gasteiger partial charge < -0.3 is 15.2 Å². The summed E-state index contributed by atoms with van der Waals surface area (Å²) in [5.74, 6) is -7.88. The van der Waals surface area contributed by atoms with E-state index in [2.05, 4.69) is 0 Å². The molecule has 0 saturated carbocycles. The van der Waals surface area contributed by atoms with Crippen LogP contribution in [0, 0.1) is 23.2 Å². The monoisotopic (exact) mass is 316 g/mol. The fourth-order valence-corrected chi connectivity index (χ4v) is 2.60. The molecular formula is C16H16N2O5.